The van der Waals surface area contributed by atoms with Gasteiger partial charge in [-0.1, -0.05) is 27.7 Å². The first-order valence-corrected chi connectivity index (χ1v) is 5.91. The highest BCUT2D eigenvalue weighted by Crippen LogP contribution is 1.98. The molecule has 0 aromatic heterocycles. The Morgan fingerprint density at radius 2 is 1.13 bits per heavy atom. The first-order chi connectivity index (χ1) is 6.91. The summed E-state index contributed by atoms with van der Waals surface area (Å²) in [5.41, 5.74) is 2.41. The van der Waals surface area contributed by atoms with Gasteiger partial charge >= 0.3 is 0 Å². The molecule has 0 saturated carbocycles. The van der Waals surface area contributed by atoms with Gasteiger partial charge in [-0.15, -0.1) is 0 Å². The predicted octanol–water partition coefficient (Wildman–Crippen LogP) is 3.61. The zero-order valence-electron chi connectivity index (χ0n) is 11.2. The van der Waals surface area contributed by atoms with Crippen molar-refractivity contribution in [2.75, 3.05) is 13.1 Å². The van der Waals surface area contributed by atoms with E-state index in [-0.39, 0.29) is 0 Å². The van der Waals surface area contributed by atoms with Crippen LogP contribution in [0.5, 0.6) is 0 Å². The van der Waals surface area contributed by atoms with E-state index in [9.17, 15) is 0 Å². The van der Waals surface area contributed by atoms with E-state index in [1.165, 1.54) is 11.4 Å². The average Bonchev–Trinajstić information content (AvgIpc) is 2.11. The fourth-order valence-electron chi connectivity index (χ4n) is 1.16. The van der Waals surface area contributed by atoms with Gasteiger partial charge in [0.25, 0.3) is 0 Å². The minimum Gasteiger partial charge on any atom is -0.294 e. The molecule has 15 heavy (non-hydrogen) atoms. The van der Waals surface area contributed by atoms with Crippen LogP contribution in [0, 0.1) is 11.8 Å². The molecule has 0 saturated heterocycles. The van der Waals surface area contributed by atoms with Gasteiger partial charge in [-0.25, -0.2) is 0 Å². The third-order valence-electron chi connectivity index (χ3n) is 1.96. The number of hydrogen-bond donors (Lipinski definition) is 0. The van der Waals surface area contributed by atoms with Gasteiger partial charge in [-0.05, 0) is 25.7 Å². The van der Waals surface area contributed by atoms with Crippen molar-refractivity contribution in [3.63, 3.8) is 0 Å². The van der Waals surface area contributed by atoms with Gasteiger partial charge in [-0.2, -0.15) is 0 Å². The molecule has 0 unspecified atom stereocenters. The molecule has 0 bridgehead atoms. The van der Waals surface area contributed by atoms with Crippen LogP contribution < -0.4 is 0 Å². The maximum Gasteiger partial charge on any atom is 0.0411 e. The Hall–Kier alpha value is -0.660. The van der Waals surface area contributed by atoms with Crippen LogP contribution in [0.2, 0.25) is 0 Å². The molecule has 0 aliphatic carbocycles. The van der Waals surface area contributed by atoms with Crippen LogP contribution >= 0.6 is 0 Å². The lowest BCUT2D eigenvalue weighted by atomic mass is 10.2. The molecule has 0 fully saturated rings. The fraction of sp³-hybridized carbons (Fsp3) is 0.846. The second kappa shape index (κ2) is 7.61. The molecule has 0 rings (SSSR count). The SMILES string of the molecule is CC(CC(C)=NCC(C)C)=NCC(C)C. The van der Waals surface area contributed by atoms with Gasteiger partial charge in [0.15, 0.2) is 0 Å². The third kappa shape index (κ3) is 9.64. The molecule has 0 amide bonds. The minimum absolute atomic E-state index is 0.646. The highest BCUT2D eigenvalue weighted by atomic mass is 14.8. The molecule has 0 N–H and O–H groups in total. The lowest BCUT2D eigenvalue weighted by Crippen LogP contribution is -2.05. The molecule has 2 heteroatoms. The third-order valence-corrected chi connectivity index (χ3v) is 1.96. The Kier molecular flexibility index (Phi) is 7.27. The average molecular weight is 210 g/mol. The van der Waals surface area contributed by atoms with E-state index >= 15 is 0 Å². The predicted molar refractivity (Wildman–Crippen MR) is 70.2 cm³/mol. The van der Waals surface area contributed by atoms with Crippen molar-refractivity contribution < 1.29 is 0 Å². The van der Waals surface area contributed by atoms with Crippen molar-refractivity contribution in [1.29, 1.82) is 0 Å². The summed E-state index contributed by atoms with van der Waals surface area (Å²) in [6.45, 7) is 14.8. The lowest BCUT2D eigenvalue weighted by molar-refractivity contribution is 0.663. The summed E-state index contributed by atoms with van der Waals surface area (Å²) in [6.07, 6.45) is 0.930. The molecule has 0 atom stereocenters. The second-order valence-corrected chi connectivity index (χ2v) is 5.12. The van der Waals surface area contributed by atoms with Crippen molar-refractivity contribution in [3.8, 4) is 0 Å². The summed E-state index contributed by atoms with van der Waals surface area (Å²) < 4.78 is 0. The largest absolute Gasteiger partial charge is 0.294 e. The Balaban J connectivity index is 3.99. The van der Waals surface area contributed by atoms with Crippen molar-refractivity contribution in [2.24, 2.45) is 21.8 Å². The number of hydrogen-bond acceptors (Lipinski definition) is 2. The van der Waals surface area contributed by atoms with Gasteiger partial charge in [0.05, 0.1) is 0 Å². The van der Waals surface area contributed by atoms with E-state index in [0.717, 1.165) is 19.5 Å². The highest BCUT2D eigenvalue weighted by molar-refractivity contribution is 6.02. The van der Waals surface area contributed by atoms with Gasteiger partial charge < -0.3 is 0 Å². The van der Waals surface area contributed by atoms with E-state index in [1.807, 2.05) is 0 Å². The van der Waals surface area contributed by atoms with Gasteiger partial charge in [-0.3, -0.25) is 9.98 Å². The summed E-state index contributed by atoms with van der Waals surface area (Å²) in [6, 6.07) is 0. The van der Waals surface area contributed by atoms with E-state index < -0.39 is 0 Å². The Labute approximate surface area is 94.9 Å². The van der Waals surface area contributed by atoms with Crippen LogP contribution in [0.4, 0.5) is 0 Å². The van der Waals surface area contributed by atoms with Crippen LogP contribution in [-0.4, -0.2) is 24.5 Å². The zero-order valence-corrected chi connectivity index (χ0v) is 11.2. The Morgan fingerprint density at radius 3 is 1.40 bits per heavy atom. The summed E-state index contributed by atoms with van der Waals surface area (Å²) in [7, 11) is 0. The number of aliphatic imine (C=N–C) groups is 2. The van der Waals surface area contributed by atoms with Crippen LogP contribution in [-0.2, 0) is 0 Å². The first-order valence-electron chi connectivity index (χ1n) is 5.91. The van der Waals surface area contributed by atoms with Crippen LogP contribution in [0.15, 0.2) is 9.98 Å². The van der Waals surface area contributed by atoms with Crippen LogP contribution in [0.3, 0.4) is 0 Å². The van der Waals surface area contributed by atoms with E-state index in [4.69, 9.17) is 0 Å². The molecule has 0 aliphatic heterocycles. The zero-order chi connectivity index (χ0) is 11.8. The van der Waals surface area contributed by atoms with E-state index in [1.54, 1.807) is 0 Å². The summed E-state index contributed by atoms with van der Waals surface area (Å²) in [5.74, 6) is 1.29. The molecule has 0 radical (unpaired) electrons. The van der Waals surface area contributed by atoms with Crippen molar-refractivity contribution in [3.05, 3.63) is 0 Å². The molecule has 0 aromatic rings. The van der Waals surface area contributed by atoms with Crippen LogP contribution in [0.25, 0.3) is 0 Å². The maximum atomic E-state index is 4.53. The molecule has 2 nitrogen and oxygen atoms in total. The summed E-state index contributed by atoms with van der Waals surface area (Å²) >= 11 is 0. The fourth-order valence-corrected chi connectivity index (χ4v) is 1.16. The minimum atomic E-state index is 0.646. The van der Waals surface area contributed by atoms with Crippen molar-refractivity contribution in [1.82, 2.24) is 0 Å². The topological polar surface area (TPSA) is 24.7 Å². The van der Waals surface area contributed by atoms with Gasteiger partial charge in [0.1, 0.15) is 0 Å². The smallest absolute Gasteiger partial charge is 0.0411 e. The number of nitrogens with zero attached hydrogens (tertiary/aromatic N) is 2. The van der Waals surface area contributed by atoms with Gasteiger partial charge in [0.2, 0.25) is 0 Å². The normalized spacial score (nSPS) is 14.1. The number of rotatable bonds is 6. The highest BCUT2D eigenvalue weighted by Gasteiger charge is 1.98. The van der Waals surface area contributed by atoms with E-state index in [2.05, 4.69) is 51.5 Å². The molecular formula is C13H26N2. The van der Waals surface area contributed by atoms with Crippen molar-refractivity contribution in [2.45, 2.75) is 48.0 Å². The second-order valence-electron chi connectivity index (χ2n) is 5.12. The molecule has 0 aromatic carbocycles. The summed E-state index contributed by atoms with van der Waals surface area (Å²) in [4.78, 5) is 9.05. The van der Waals surface area contributed by atoms with Crippen LogP contribution in [0.1, 0.15) is 48.0 Å². The molecule has 0 heterocycles. The quantitative estimate of drug-likeness (QED) is 0.598. The molecular weight excluding hydrogens is 184 g/mol. The maximum absolute atomic E-state index is 4.53. The monoisotopic (exact) mass is 210 g/mol. The molecule has 0 spiro atoms. The molecule has 88 valence electrons. The molecule has 0 aliphatic rings. The lowest BCUT2D eigenvalue weighted by Gasteiger charge is -2.04. The van der Waals surface area contributed by atoms with Gasteiger partial charge in [0, 0.05) is 30.9 Å². The Morgan fingerprint density at radius 1 is 0.800 bits per heavy atom. The standard InChI is InChI=1S/C13H26N2/c1-10(2)8-14-12(5)7-13(6)15-9-11(3)4/h10-11H,7-9H2,1-6H3. The first kappa shape index (κ1) is 14.3. The van der Waals surface area contributed by atoms with Crippen molar-refractivity contribution >= 4 is 11.4 Å². The summed E-state index contributed by atoms with van der Waals surface area (Å²) in [5, 5.41) is 0. The Bertz CT molecular complexity index is 201. The van der Waals surface area contributed by atoms with E-state index in [0.29, 0.717) is 11.8 Å².